The van der Waals surface area contributed by atoms with Gasteiger partial charge in [-0.1, -0.05) is 30.3 Å². The van der Waals surface area contributed by atoms with Crippen molar-refractivity contribution < 1.29 is 0 Å². The van der Waals surface area contributed by atoms with Gasteiger partial charge in [-0.15, -0.1) is 10.2 Å². The van der Waals surface area contributed by atoms with Gasteiger partial charge in [-0.25, -0.2) is 0 Å². The number of hydrogen-bond acceptors (Lipinski definition) is 3. The van der Waals surface area contributed by atoms with Gasteiger partial charge in [-0.3, -0.25) is 0 Å². The first-order valence-electron chi connectivity index (χ1n) is 7.03. The molecular formula is C15H20N4. The Kier molecular flexibility index (Phi) is 3.89. The van der Waals surface area contributed by atoms with E-state index in [1.807, 2.05) is 6.33 Å². The molecule has 0 aliphatic carbocycles. The van der Waals surface area contributed by atoms with Crippen LogP contribution in [0.2, 0.25) is 0 Å². The van der Waals surface area contributed by atoms with Crippen molar-refractivity contribution in [3.63, 3.8) is 0 Å². The maximum absolute atomic E-state index is 4.28. The molecule has 1 saturated heterocycles. The Balaban J connectivity index is 1.60. The minimum absolute atomic E-state index is 0.722. The molecule has 1 unspecified atom stereocenters. The molecule has 3 rings (SSSR count). The summed E-state index contributed by atoms with van der Waals surface area (Å²) in [5.74, 6) is 1.85. The molecule has 4 heteroatoms. The maximum Gasteiger partial charge on any atom is 0.133 e. The summed E-state index contributed by atoms with van der Waals surface area (Å²) in [5.41, 5.74) is 1.37. The molecule has 2 aromatic rings. The summed E-state index contributed by atoms with van der Waals surface area (Å²) < 4.78 is 2.20. The van der Waals surface area contributed by atoms with Crippen LogP contribution in [-0.2, 0) is 19.4 Å². The van der Waals surface area contributed by atoms with E-state index < -0.39 is 0 Å². The summed E-state index contributed by atoms with van der Waals surface area (Å²) in [7, 11) is 0. The van der Waals surface area contributed by atoms with Gasteiger partial charge in [-0.2, -0.15) is 0 Å². The van der Waals surface area contributed by atoms with Crippen molar-refractivity contribution in [1.29, 1.82) is 0 Å². The van der Waals surface area contributed by atoms with Crippen molar-refractivity contribution in [1.82, 2.24) is 20.1 Å². The van der Waals surface area contributed by atoms with Gasteiger partial charge in [0, 0.05) is 13.0 Å². The summed E-state index contributed by atoms with van der Waals surface area (Å²) in [6.45, 7) is 3.22. The standard InChI is InChI=1S/C15H20N4/c1-2-4-13(5-3-1)7-9-19-12-17-18-15(19)10-14-6-8-16-11-14/h1-5,12,14,16H,6-11H2. The first-order chi connectivity index (χ1) is 9.42. The van der Waals surface area contributed by atoms with E-state index in [4.69, 9.17) is 0 Å². The van der Waals surface area contributed by atoms with Crippen molar-refractivity contribution in [2.45, 2.75) is 25.8 Å². The van der Waals surface area contributed by atoms with Crippen molar-refractivity contribution in [3.05, 3.63) is 48.0 Å². The number of hydrogen-bond donors (Lipinski definition) is 1. The van der Waals surface area contributed by atoms with Gasteiger partial charge >= 0.3 is 0 Å². The third kappa shape index (κ3) is 3.20. The fourth-order valence-corrected chi connectivity index (χ4v) is 2.66. The molecule has 0 bridgehead atoms. The average molecular weight is 256 g/mol. The lowest BCUT2D eigenvalue weighted by Gasteiger charge is -2.10. The van der Waals surface area contributed by atoms with E-state index >= 15 is 0 Å². The molecular weight excluding hydrogens is 236 g/mol. The predicted octanol–water partition coefficient (Wildman–Crippen LogP) is 1.67. The number of rotatable bonds is 5. The largest absolute Gasteiger partial charge is 0.317 e. The molecule has 0 spiro atoms. The minimum atomic E-state index is 0.722. The van der Waals surface area contributed by atoms with E-state index in [2.05, 4.69) is 50.4 Å². The molecule has 4 nitrogen and oxygen atoms in total. The third-order valence-corrected chi connectivity index (χ3v) is 3.81. The van der Waals surface area contributed by atoms with Crippen molar-refractivity contribution in [2.75, 3.05) is 13.1 Å². The van der Waals surface area contributed by atoms with E-state index in [0.29, 0.717) is 0 Å². The molecule has 1 aromatic carbocycles. The van der Waals surface area contributed by atoms with Crippen LogP contribution in [0.3, 0.4) is 0 Å². The van der Waals surface area contributed by atoms with Crippen LogP contribution in [0.5, 0.6) is 0 Å². The predicted molar refractivity (Wildman–Crippen MR) is 74.8 cm³/mol. The fraction of sp³-hybridized carbons (Fsp3) is 0.467. The zero-order valence-electron chi connectivity index (χ0n) is 11.1. The number of aryl methyl sites for hydroxylation is 2. The minimum Gasteiger partial charge on any atom is -0.317 e. The van der Waals surface area contributed by atoms with E-state index in [1.165, 1.54) is 12.0 Å². The molecule has 0 amide bonds. The van der Waals surface area contributed by atoms with Crippen molar-refractivity contribution >= 4 is 0 Å². The lowest BCUT2D eigenvalue weighted by molar-refractivity contribution is 0.532. The van der Waals surface area contributed by atoms with Gasteiger partial charge in [-0.05, 0) is 37.4 Å². The number of aromatic nitrogens is 3. The second kappa shape index (κ2) is 5.97. The Hall–Kier alpha value is -1.68. The average Bonchev–Trinajstić information content (AvgIpc) is 3.10. The van der Waals surface area contributed by atoms with E-state index in [9.17, 15) is 0 Å². The molecule has 1 atom stereocenters. The third-order valence-electron chi connectivity index (χ3n) is 3.81. The van der Waals surface area contributed by atoms with Crippen LogP contribution in [-0.4, -0.2) is 27.9 Å². The van der Waals surface area contributed by atoms with Gasteiger partial charge < -0.3 is 9.88 Å². The number of nitrogens with one attached hydrogen (secondary N) is 1. The van der Waals surface area contributed by atoms with Crippen LogP contribution in [0.4, 0.5) is 0 Å². The van der Waals surface area contributed by atoms with Crippen molar-refractivity contribution in [2.24, 2.45) is 5.92 Å². The molecule has 19 heavy (non-hydrogen) atoms. The lowest BCUT2D eigenvalue weighted by atomic mass is 10.0. The van der Waals surface area contributed by atoms with Gasteiger partial charge in [0.25, 0.3) is 0 Å². The second-order valence-electron chi connectivity index (χ2n) is 5.24. The summed E-state index contributed by atoms with van der Waals surface area (Å²) in [6.07, 6.45) is 5.20. The summed E-state index contributed by atoms with van der Waals surface area (Å²) in [5, 5.41) is 11.8. The van der Waals surface area contributed by atoms with E-state index in [-0.39, 0.29) is 0 Å². The molecule has 1 N–H and O–H groups in total. The zero-order chi connectivity index (χ0) is 12.9. The van der Waals surface area contributed by atoms with Crippen molar-refractivity contribution in [3.8, 4) is 0 Å². The Labute approximate surface area is 113 Å². The monoisotopic (exact) mass is 256 g/mol. The van der Waals surface area contributed by atoms with Crippen LogP contribution >= 0.6 is 0 Å². The van der Waals surface area contributed by atoms with Gasteiger partial charge in [0.2, 0.25) is 0 Å². The van der Waals surface area contributed by atoms with Crippen LogP contribution in [0.25, 0.3) is 0 Å². The fourth-order valence-electron chi connectivity index (χ4n) is 2.66. The Bertz CT molecular complexity index is 500. The normalized spacial score (nSPS) is 18.8. The molecule has 100 valence electrons. The highest BCUT2D eigenvalue weighted by Crippen LogP contribution is 2.14. The highest BCUT2D eigenvalue weighted by Gasteiger charge is 2.17. The number of nitrogens with zero attached hydrogens (tertiary/aromatic N) is 3. The van der Waals surface area contributed by atoms with Crippen LogP contribution < -0.4 is 5.32 Å². The first-order valence-corrected chi connectivity index (χ1v) is 7.03. The summed E-state index contributed by atoms with van der Waals surface area (Å²) >= 11 is 0. The topological polar surface area (TPSA) is 42.7 Å². The quantitative estimate of drug-likeness (QED) is 0.885. The first kappa shape index (κ1) is 12.4. The Morgan fingerprint density at radius 2 is 2.16 bits per heavy atom. The van der Waals surface area contributed by atoms with Gasteiger partial charge in [0.1, 0.15) is 12.2 Å². The SMILES string of the molecule is c1ccc(CCn2cnnc2CC2CCNC2)cc1. The van der Waals surface area contributed by atoms with Crippen LogP contribution in [0.1, 0.15) is 17.8 Å². The molecule has 2 heterocycles. The van der Waals surface area contributed by atoms with Crippen LogP contribution in [0, 0.1) is 5.92 Å². The maximum atomic E-state index is 4.28. The smallest absolute Gasteiger partial charge is 0.133 e. The Morgan fingerprint density at radius 3 is 2.95 bits per heavy atom. The summed E-state index contributed by atoms with van der Waals surface area (Å²) in [4.78, 5) is 0. The molecule has 0 saturated carbocycles. The molecule has 1 aliphatic heterocycles. The zero-order valence-corrected chi connectivity index (χ0v) is 11.1. The summed E-state index contributed by atoms with van der Waals surface area (Å²) in [6, 6.07) is 10.6. The molecule has 1 aliphatic rings. The van der Waals surface area contributed by atoms with Gasteiger partial charge in [0.15, 0.2) is 0 Å². The lowest BCUT2D eigenvalue weighted by Crippen LogP contribution is -2.14. The van der Waals surface area contributed by atoms with Gasteiger partial charge in [0.05, 0.1) is 0 Å². The van der Waals surface area contributed by atoms with E-state index in [0.717, 1.165) is 44.2 Å². The number of benzene rings is 1. The van der Waals surface area contributed by atoms with E-state index in [1.54, 1.807) is 0 Å². The molecule has 1 fully saturated rings. The highest BCUT2D eigenvalue weighted by atomic mass is 15.3. The second-order valence-corrected chi connectivity index (χ2v) is 5.24. The van der Waals surface area contributed by atoms with Crippen LogP contribution in [0.15, 0.2) is 36.7 Å². The molecule has 0 radical (unpaired) electrons. The Morgan fingerprint density at radius 1 is 1.26 bits per heavy atom. The highest BCUT2D eigenvalue weighted by molar-refractivity contribution is 5.14. The molecule has 1 aromatic heterocycles.